The number of aromatic nitrogens is 3. The first kappa shape index (κ1) is 15.6. The van der Waals surface area contributed by atoms with Crippen LogP contribution in [0.5, 0.6) is 0 Å². The average Bonchev–Trinajstić information content (AvgIpc) is 3.28. The third kappa shape index (κ3) is 3.03. The molecule has 0 radical (unpaired) electrons. The fourth-order valence-electron chi connectivity index (χ4n) is 3.42. The summed E-state index contributed by atoms with van der Waals surface area (Å²) in [6, 6.07) is 10.6. The van der Waals surface area contributed by atoms with Gasteiger partial charge in [-0.25, -0.2) is 0 Å². The zero-order chi connectivity index (χ0) is 16.5. The first-order chi connectivity index (χ1) is 11.7. The first-order valence-corrected chi connectivity index (χ1v) is 8.95. The minimum absolute atomic E-state index is 0.302. The van der Waals surface area contributed by atoms with E-state index in [1.165, 1.54) is 12.0 Å². The van der Waals surface area contributed by atoms with Crippen LogP contribution in [-0.2, 0) is 6.54 Å². The molecule has 1 aliphatic heterocycles. The Balaban J connectivity index is 1.59. The highest BCUT2D eigenvalue weighted by atomic mass is 79.9. The summed E-state index contributed by atoms with van der Waals surface area (Å²) in [5, 5.41) is 11.5. The number of aryl methyl sites for hydroxylation is 1. The predicted octanol–water partition coefficient (Wildman–Crippen LogP) is 4.47. The van der Waals surface area contributed by atoms with Crippen LogP contribution in [0.25, 0.3) is 11.3 Å². The van der Waals surface area contributed by atoms with Gasteiger partial charge >= 0.3 is 0 Å². The van der Waals surface area contributed by atoms with Crippen molar-refractivity contribution in [3.05, 3.63) is 58.0 Å². The van der Waals surface area contributed by atoms with Gasteiger partial charge in [0.25, 0.3) is 0 Å². The molecule has 24 heavy (non-hydrogen) atoms. The maximum atomic E-state index is 5.51. The largest absolute Gasteiger partial charge is 0.359 e. The lowest BCUT2D eigenvalue weighted by Crippen LogP contribution is -2.22. The molecule has 1 unspecified atom stereocenters. The molecule has 0 bridgehead atoms. The molecule has 1 fully saturated rings. The van der Waals surface area contributed by atoms with Crippen molar-refractivity contribution >= 4 is 15.9 Å². The van der Waals surface area contributed by atoms with E-state index in [4.69, 9.17) is 4.52 Å². The second-order valence-electron chi connectivity index (χ2n) is 6.28. The number of likely N-dealkylation sites (tertiary alicyclic amines) is 1. The summed E-state index contributed by atoms with van der Waals surface area (Å²) in [4.78, 5) is 2.45. The predicted molar refractivity (Wildman–Crippen MR) is 95.3 cm³/mol. The second-order valence-corrected chi connectivity index (χ2v) is 7.20. The molecule has 1 saturated heterocycles. The third-order valence-corrected chi connectivity index (χ3v) is 5.04. The van der Waals surface area contributed by atoms with Gasteiger partial charge in [0.15, 0.2) is 5.76 Å². The van der Waals surface area contributed by atoms with Crippen LogP contribution in [0.4, 0.5) is 0 Å². The van der Waals surface area contributed by atoms with Crippen molar-refractivity contribution in [2.45, 2.75) is 32.4 Å². The van der Waals surface area contributed by atoms with Gasteiger partial charge in [0.2, 0.25) is 0 Å². The Morgan fingerprint density at radius 1 is 1.38 bits per heavy atom. The van der Waals surface area contributed by atoms with E-state index in [2.05, 4.69) is 48.3 Å². The van der Waals surface area contributed by atoms with E-state index in [1.54, 1.807) is 0 Å². The van der Waals surface area contributed by atoms with Gasteiger partial charge in [0, 0.05) is 28.2 Å². The average molecular weight is 387 g/mol. The molecule has 4 rings (SSSR count). The molecule has 2 aromatic heterocycles. The van der Waals surface area contributed by atoms with E-state index in [-0.39, 0.29) is 0 Å². The summed E-state index contributed by atoms with van der Waals surface area (Å²) < 4.78 is 6.57. The molecular weight excluding hydrogens is 368 g/mol. The standard InChI is InChI=1S/C18H19BrN4O/c1-12-8-17(24-22-12)16-6-3-7-23(16)11-14-10-20-21-18(14)13-4-2-5-15(19)9-13/h2,4-5,8-10,16H,3,6-7,11H2,1H3,(H,20,21). The highest BCUT2D eigenvalue weighted by Crippen LogP contribution is 2.35. The molecule has 6 heteroatoms. The Bertz CT molecular complexity index is 841. The quantitative estimate of drug-likeness (QED) is 0.718. The highest BCUT2D eigenvalue weighted by molar-refractivity contribution is 9.10. The number of aromatic amines is 1. The van der Waals surface area contributed by atoms with Crippen LogP contribution in [0.15, 0.2) is 45.5 Å². The summed E-state index contributed by atoms with van der Waals surface area (Å²) in [6.45, 7) is 3.88. The molecule has 3 heterocycles. The fraction of sp³-hybridized carbons (Fsp3) is 0.333. The molecule has 1 atom stereocenters. The molecular formula is C18H19BrN4O. The molecule has 1 aliphatic rings. The lowest BCUT2D eigenvalue weighted by atomic mass is 10.1. The van der Waals surface area contributed by atoms with E-state index in [1.807, 2.05) is 31.3 Å². The van der Waals surface area contributed by atoms with Crippen molar-refractivity contribution in [3.63, 3.8) is 0 Å². The number of hydrogen-bond acceptors (Lipinski definition) is 4. The molecule has 1 N–H and O–H groups in total. The lowest BCUT2D eigenvalue weighted by molar-refractivity contribution is 0.207. The molecule has 0 aliphatic carbocycles. The summed E-state index contributed by atoms with van der Waals surface area (Å²) in [5.74, 6) is 0.970. The number of nitrogens with one attached hydrogen (secondary N) is 1. The molecule has 1 aromatic carbocycles. The van der Waals surface area contributed by atoms with E-state index in [0.717, 1.165) is 46.7 Å². The van der Waals surface area contributed by atoms with Crippen LogP contribution in [0.1, 0.15) is 35.9 Å². The van der Waals surface area contributed by atoms with Crippen LogP contribution in [0.2, 0.25) is 0 Å². The molecule has 0 spiro atoms. The summed E-state index contributed by atoms with van der Waals surface area (Å²) in [5.41, 5.74) is 4.37. The van der Waals surface area contributed by atoms with E-state index in [0.29, 0.717) is 6.04 Å². The van der Waals surface area contributed by atoms with Crippen LogP contribution in [0.3, 0.4) is 0 Å². The maximum Gasteiger partial charge on any atom is 0.154 e. The number of nitrogens with zero attached hydrogens (tertiary/aromatic N) is 3. The molecule has 5 nitrogen and oxygen atoms in total. The van der Waals surface area contributed by atoms with Crippen LogP contribution < -0.4 is 0 Å². The number of benzene rings is 1. The Morgan fingerprint density at radius 2 is 2.29 bits per heavy atom. The number of hydrogen-bond donors (Lipinski definition) is 1. The summed E-state index contributed by atoms with van der Waals surface area (Å²) in [6.07, 6.45) is 4.21. The minimum atomic E-state index is 0.302. The SMILES string of the molecule is Cc1cc(C2CCCN2Cc2cn[nH]c2-c2cccc(Br)c2)on1. The number of H-pyrrole nitrogens is 1. The van der Waals surface area contributed by atoms with E-state index >= 15 is 0 Å². The Labute approximate surface area is 149 Å². The van der Waals surface area contributed by atoms with Gasteiger partial charge in [-0.1, -0.05) is 33.2 Å². The molecule has 0 saturated carbocycles. The lowest BCUT2D eigenvalue weighted by Gasteiger charge is -2.22. The van der Waals surface area contributed by atoms with Crippen molar-refractivity contribution in [2.24, 2.45) is 0 Å². The van der Waals surface area contributed by atoms with Gasteiger partial charge in [-0.05, 0) is 38.4 Å². The number of rotatable bonds is 4. The van der Waals surface area contributed by atoms with Gasteiger partial charge in [-0.15, -0.1) is 0 Å². The van der Waals surface area contributed by atoms with Crippen LogP contribution in [-0.4, -0.2) is 26.8 Å². The van der Waals surface area contributed by atoms with E-state index in [9.17, 15) is 0 Å². The second kappa shape index (κ2) is 6.53. The van der Waals surface area contributed by atoms with Crippen LogP contribution in [0, 0.1) is 6.92 Å². The topological polar surface area (TPSA) is 58.0 Å². The molecule has 0 amide bonds. The molecule has 124 valence electrons. The minimum Gasteiger partial charge on any atom is -0.359 e. The van der Waals surface area contributed by atoms with E-state index < -0.39 is 0 Å². The zero-order valence-electron chi connectivity index (χ0n) is 13.5. The van der Waals surface area contributed by atoms with Gasteiger partial charge in [0.05, 0.1) is 23.6 Å². The zero-order valence-corrected chi connectivity index (χ0v) is 15.1. The van der Waals surface area contributed by atoms with Gasteiger partial charge in [0.1, 0.15) is 0 Å². The fourth-order valence-corrected chi connectivity index (χ4v) is 3.82. The van der Waals surface area contributed by atoms with Crippen molar-refractivity contribution in [2.75, 3.05) is 6.54 Å². The monoisotopic (exact) mass is 386 g/mol. The third-order valence-electron chi connectivity index (χ3n) is 4.54. The Kier molecular flexibility index (Phi) is 4.24. The van der Waals surface area contributed by atoms with Gasteiger partial charge in [-0.2, -0.15) is 5.10 Å². The van der Waals surface area contributed by atoms with Crippen molar-refractivity contribution in [1.29, 1.82) is 0 Å². The van der Waals surface area contributed by atoms with Gasteiger partial charge < -0.3 is 4.52 Å². The first-order valence-electron chi connectivity index (χ1n) is 8.16. The Hall–Kier alpha value is -1.92. The smallest absolute Gasteiger partial charge is 0.154 e. The number of halogens is 1. The van der Waals surface area contributed by atoms with Crippen molar-refractivity contribution < 1.29 is 4.52 Å². The van der Waals surface area contributed by atoms with Crippen molar-refractivity contribution in [1.82, 2.24) is 20.3 Å². The highest BCUT2D eigenvalue weighted by Gasteiger charge is 2.29. The summed E-state index contributed by atoms with van der Waals surface area (Å²) >= 11 is 3.54. The summed E-state index contributed by atoms with van der Waals surface area (Å²) in [7, 11) is 0. The van der Waals surface area contributed by atoms with Gasteiger partial charge in [-0.3, -0.25) is 10.00 Å². The normalized spacial score (nSPS) is 18.3. The maximum absolute atomic E-state index is 5.51. The Morgan fingerprint density at radius 3 is 3.08 bits per heavy atom. The van der Waals surface area contributed by atoms with Crippen LogP contribution >= 0.6 is 15.9 Å². The van der Waals surface area contributed by atoms with Crippen molar-refractivity contribution in [3.8, 4) is 11.3 Å². The molecule has 3 aromatic rings.